The van der Waals surface area contributed by atoms with Crippen LogP contribution in [0.4, 0.5) is 0 Å². The molecule has 1 N–H and O–H groups in total. The van der Waals surface area contributed by atoms with Gasteiger partial charge in [-0.2, -0.15) is 0 Å². The Kier molecular flexibility index (Phi) is 4.79. The molecule has 0 aliphatic rings. The number of esters is 1. The summed E-state index contributed by atoms with van der Waals surface area (Å²) in [5.74, 6) is -0.744. The topological polar surface area (TPSA) is 55.4 Å². The van der Waals surface area contributed by atoms with Gasteiger partial charge in [-0.15, -0.1) is 0 Å². The normalized spacial score (nSPS) is 9.62. The second-order valence-electron chi connectivity index (χ2n) is 3.12. The summed E-state index contributed by atoms with van der Waals surface area (Å²) in [4.78, 5) is 22.2. The maximum atomic E-state index is 11.4. The van der Waals surface area contributed by atoms with Crippen molar-refractivity contribution in [2.24, 2.45) is 0 Å². The van der Waals surface area contributed by atoms with Gasteiger partial charge in [-0.05, 0) is 11.6 Å². The molecule has 0 unspecified atom stereocenters. The first kappa shape index (κ1) is 12.5. The SMILES string of the molecule is COC(=O)CNC(=O)Cc1ccccc1Cl. The molecule has 0 aliphatic carbocycles. The van der Waals surface area contributed by atoms with Crippen molar-refractivity contribution in [3.8, 4) is 0 Å². The molecule has 16 heavy (non-hydrogen) atoms. The van der Waals surface area contributed by atoms with E-state index in [0.29, 0.717) is 5.02 Å². The molecule has 1 aromatic rings. The fraction of sp³-hybridized carbons (Fsp3) is 0.273. The fourth-order valence-electron chi connectivity index (χ4n) is 1.12. The third-order valence-electron chi connectivity index (χ3n) is 1.97. The van der Waals surface area contributed by atoms with Gasteiger partial charge < -0.3 is 10.1 Å². The van der Waals surface area contributed by atoms with Crippen molar-refractivity contribution in [3.05, 3.63) is 34.9 Å². The van der Waals surface area contributed by atoms with Gasteiger partial charge in [0, 0.05) is 5.02 Å². The van der Waals surface area contributed by atoms with Gasteiger partial charge >= 0.3 is 5.97 Å². The largest absolute Gasteiger partial charge is 0.468 e. The number of nitrogens with one attached hydrogen (secondary N) is 1. The smallest absolute Gasteiger partial charge is 0.325 e. The van der Waals surface area contributed by atoms with Gasteiger partial charge in [0.2, 0.25) is 5.91 Å². The van der Waals surface area contributed by atoms with E-state index in [4.69, 9.17) is 11.6 Å². The summed E-state index contributed by atoms with van der Waals surface area (Å²) in [6.45, 7) is -0.125. The summed E-state index contributed by atoms with van der Waals surface area (Å²) >= 11 is 5.89. The average Bonchev–Trinajstić information content (AvgIpc) is 2.29. The Morgan fingerprint density at radius 2 is 2.06 bits per heavy atom. The van der Waals surface area contributed by atoms with E-state index in [1.165, 1.54) is 7.11 Å². The van der Waals surface area contributed by atoms with Crippen LogP contribution in [0.3, 0.4) is 0 Å². The van der Waals surface area contributed by atoms with Gasteiger partial charge in [0.15, 0.2) is 0 Å². The highest BCUT2D eigenvalue weighted by molar-refractivity contribution is 6.31. The minimum absolute atomic E-state index is 0.125. The van der Waals surface area contributed by atoms with Gasteiger partial charge in [0.05, 0.1) is 13.5 Å². The highest BCUT2D eigenvalue weighted by Crippen LogP contribution is 2.14. The lowest BCUT2D eigenvalue weighted by Gasteiger charge is -2.05. The molecule has 0 aromatic heterocycles. The van der Waals surface area contributed by atoms with E-state index < -0.39 is 5.97 Å². The number of rotatable bonds is 4. The van der Waals surface area contributed by atoms with E-state index in [2.05, 4.69) is 10.1 Å². The first-order valence-electron chi connectivity index (χ1n) is 4.70. The Morgan fingerprint density at radius 3 is 2.69 bits per heavy atom. The molecule has 0 spiro atoms. The Balaban J connectivity index is 2.46. The number of halogens is 1. The molecule has 0 bridgehead atoms. The van der Waals surface area contributed by atoms with Crippen molar-refractivity contribution >= 4 is 23.5 Å². The molecule has 1 amide bonds. The molecular weight excluding hydrogens is 230 g/mol. The second kappa shape index (κ2) is 6.12. The first-order chi connectivity index (χ1) is 7.63. The Bertz CT molecular complexity index is 393. The fourth-order valence-corrected chi connectivity index (χ4v) is 1.32. The summed E-state index contributed by atoms with van der Waals surface area (Å²) in [5, 5.41) is 2.97. The van der Waals surface area contributed by atoms with Crippen LogP contribution in [-0.2, 0) is 20.7 Å². The van der Waals surface area contributed by atoms with Crippen LogP contribution in [0.2, 0.25) is 5.02 Å². The van der Waals surface area contributed by atoms with E-state index in [9.17, 15) is 9.59 Å². The number of hydrogen-bond acceptors (Lipinski definition) is 3. The number of ether oxygens (including phenoxy) is 1. The van der Waals surface area contributed by atoms with Crippen LogP contribution in [0.5, 0.6) is 0 Å². The Hall–Kier alpha value is -1.55. The van der Waals surface area contributed by atoms with Crippen LogP contribution in [0, 0.1) is 0 Å². The van der Waals surface area contributed by atoms with Gasteiger partial charge in [-0.3, -0.25) is 9.59 Å². The molecule has 0 saturated carbocycles. The number of methoxy groups -OCH3 is 1. The molecule has 1 aromatic carbocycles. The summed E-state index contributed by atoms with van der Waals surface area (Å²) in [5.41, 5.74) is 0.728. The van der Waals surface area contributed by atoms with Crippen LogP contribution < -0.4 is 5.32 Å². The van der Waals surface area contributed by atoms with Crippen LogP contribution in [0.15, 0.2) is 24.3 Å². The van der Waals surface area contributed by atoms with Crippen molar-refractivity contribution < 1.29 is 14.3 Å². The molecule has 0 saturated heterocycles. The summed E-state index contributed by atoms with van der Waals surface area (Å²) < 4.78 is 4.39. The monoisotopic (exact) mass is 241 g/mol. The lowest BCUT2D eigenvalue weighted by atomic mass is 10.1. The van der Waals surface area contributed by atoms with Crippen LogP contribution in [0.1, 0.15) is 5.56 Å². The summed E-state index contributed by atoms with van der Waals surface area (Å²) in [7, 11) is 1.27. The van der Waals surface area contributed by atoms with Crippen molar-refractivity contribution in [3.63, 3.8) is 0 Å². The average molecular weight is 242 g/mol. The third kappa shape index (κ3) is 3.90. The predicted octanol–water partition coefficient (Wildman–Crippen LogP) is 1.17. The molecule has 0 atom stereocenters. The van der Waals surface area contributed by atoms with Crippen LogP contribution >= 0.6 is 11.6 Å². The van der Waals surface area contributed by atoms with Crippen molar-refractivity contribution in [1.82, 2.24) is 5.32 Å². The number of benzene rings is 1. The molecule has 0 aliphatic heterocycles. The number of carbonyl (C=O) groups excluding carboxylic acids is 2. The molecular formula is C11H12ClNO3. The van der Waals surface area contributed by atoms with Gasteiger partial charge in [-0.1, -0.05) is 29.8 Å². The molecule has 0 heterocycles. The van der Waals surface area contributed by atoms with Gasteiger partial charge in [0.1, 0.15) is 6.54 Å². The van der Waals surface area contributed by atoms with Crippen LogP contribution in [-0.4, -0.2) is 25.5 Å². The predicted molar refractivity (Wildman–Crippen MR) is 60.2 cm³/mol. The van der Waals surface area contributed by atoms with Crippen molar-refractivity contribution in [2.45, 2.75) is 6.42 Å². The second-order valence-corrected chi connectivity index (χ2v) is 3.53. The maximum Gasteiger partial charge on any atom is 0.325 e. The van der Waals surface area contributed by atoms with E-state index in [1.807, 2.05) is 0 Å². The molecule has 1 rings (SSSR count). The molecule has 86 valence electrons. The molecule has 5 heteroatoms. The van der Waals surface area contributed by atoms with Crippen LogP contribution in [0.25, 0.3) is 0 Å². The minimum Gasteiger partial charge on any atom is -0.468 e. The minimum atomic E-state index is -0.479. The zero-order chi connectivity index (χ0) is 12.0. The van der Waals surface area contributed by atoms with Gasteiger partial charge in [-0.25, -0.2) is 0 Å². The maximum absolute atomic E-state index is 11.4. The highest BCUT2D eigenvalue weighted by atomic mass is 35.5. The zero-order valence-electron chi connectivity index (χ0n) is 8.83. The molecule has 4 nitrogen and oxygen atoms in total. The number of amides is 1. The van der Waals surface area contributed by atoms with E-state index in [1.54, 1.807) is 24.3 Å². The quantitative estimate of drug-likeness (QED) is 0.806. The van der Waals surface area contributed by atoms with Crippen molar-refractivity contribution in [2.75, 3.05) is 13.7 Å². The van der Waals surface area contributed by atoms with E-state index in [0.717, 1.165) is 5.56 Å². The Labute approximate surface area is 98.5 Å². The Morgan fingerprint density at radius 1 is 1.38 bits per heavy atom. The summed E-state index contributed by atoms with van der Waals surface area (Å²) in [6.07, 6.45) is 0.149. The van der Waals surface area contributed by atoms with Gasteiger partial charge in [0.25, 0.3) is 0 Å². The zero-order valence-corrected chi connectivity index (χ0v) is 9.58. The van der Waals surface area contributed by atoms with E-state index in [-0.39, 0.29) is 18.9 Å². The number of hydrogen-bond donors (Lipinski definition) is 1. The number of carbonyl (C=O) groups is 2. The van der Waals surface area contributed by atoms with Crippen molar-refractivity contribution in [1.29, 1.82) is 0 Å². The lowest BCUT2D eigenvalue weighted by Crippen LogP contribution is -2.31. The standard InChI is InChI=1S/C11H12ClNO3/c1-16-11(15)7-13-10(14)6-8-4-2-3-5-9(8)12/h2-5H,6-7H2,1H3,(H,13,14). The highest BCUT2D eigenvalue weighted by Gasteiger charge is 2.08. The van der Waals surface area contributed by atoms with E-state index >= 15 is 0 Å². The first-order valence-corrected chi connectivity index (χ1v) is 5.08. The molecule has 0 radical (unpaired) electrons. The lowest BCUT2D eigenvalue weighted by molar-refractivity contribution is -0.141. The summed E-state index contributed by atoms with van der Waals surface area (Å²) in [6, 6.07) is 7.07. The third-order valence-corrected chi connectivity index (χ3v) is 2.34. The molecule has 0 fully saturated rings.